The molecule has 1 aromatic rings. The van der Waals surface area contributed by atoms with Crippen LogP contribution >= 0.6 is 0 Å². The fraction of sp³-hybridized carbons (Fsp3) is 0.364. The number of hydrogen-bond donors (Lipinski definition) is 3. The van der Waals surface area contributed by atoms with E-state index >= 15 is 0 Å². The molecule has 1 fully saturated rings. The molecular formula is C11H11F3N4O4. The van der Waals surface area contributed by atoms with Gasteiger partial charge in [-0.3, -0.25) is 14.9 Å². The summed E-state index contributed by atoms with van der Waals surface area (Å²) in [6, 6.07) is 2.22. The predicted octanol–water partition coefficient (Wildman–Crippen LogP) is 0.645. The van der Waals surface area contributed by atoms with Gasteiger partial charge in [0.05, 0.1) is 6.54 Å². The summed E-state index contributed by atoms with van der Waals surface area (Å²) in [6.45, 7) is -0.0105. The molecule has 0 saturated carbocycles. The third-order valence-corrected chi connectivity index (χ3v) is 2.86. The topological polar surface area (TPSA) is 106 Å². The zero-order valence-electron chi connectivity index (χ0n) is 10.9. The maximum atomic E-state index is 12.0. The van der Waals surface area contributed by atoms with Gasteiger partial charge in [0.2, 0.25) is 5.91 Å². The number of rotatable bonds is 4. The number of nitrogens with one attached hydrogen (secondary N) is 3. The van der Waals surface area contributed by atoms with E-state index in [9.17, 15) is 28.1 Å². The standard InChI is InChI=1S/C11H11F3N4O4/c12-11(13,14)22-7-3-1-6(2-4-7)16-10(19)9-8(18(20)21)5-15-17-9/h1-4,8-9,15,17H,5H2,(H,16,19). The first-order valence-electron chi connectivity index (χ1n) is 6.05. The molecule has 3 N–H and O–H groups in total. The lowest BCUT2D eigenvalue weighted by Crippen LogP contribution is -2.46. The van der Waals surface area contributed by atoms with Gasteiger partial charge in [0.1, 0.15) is 5.75 Å². The van der Waals surface area contributed by atoms with Crippen molar-refractivity contribution in [1.82, 2.24) is 10.9 Å². The van der Waals surface area contributed by atoms with Crippen LogP contribution in [0.1, 0.15) is 0 Å². The fourth-order valence-corrected chi connectivity index (χ4v) is 1.88. The van der Waals surface area contributed by atoms with Crippen molar-refractivity contribution < 1.29 is 27.6 Å². The zero-order chi connectivity index (χ0) is 16.3. The van der Waals surface area contributed by atoms with Gasteiger partial charge in [-0.05, 0) is 24.3 Å². The predicted molar refractivity (Wildman–Crippen MR) is 67.5 cm³/mol. The van der Waals surface area contributed by atoms with Gasteiger partial charge in [-0.25, -0.2) is 10.9 Å². The lowest BCUT2D eigenvalue weighted by Gasteiger charge is -2.13. The van der Waals surface area contributed by atoms with Crippen molar-refractivity contribution in [3.8, 4) is 5.75 Å². The number of nitro groups is 1. The van der Waals surface area contributed by atoms with Crippen LogP contribution in [0.2, 0.25) is 0 Å². The first-order valence-corrected chi connectivity index (χ1v) is 6.05. The lowest BCUT2D eigenvalue weighted by atomic mass is 10.1. The number of anilines is 1. The van der Waals surface area contributed by atoms with Crippen LogP contribution in [0.15, 0.2) is 24.3 Å². The van der Waals surface area contributed by atoms with Crippen LogP contribution in [0.25, 0.3) is 0 Å². The molecule has 1 heterocycles. The summed E-state index contributed by atoms with van der Waals surface area (Å²) in [4.78, 5) is 22.1. The number of amides is 1. The Hall–Kier alpha value is -2.40. The third kappa shape index (κ3) is 4.05. The van der Waals surface area contributed by atoms with Gasteiger partial charge in [0.25, 0.3) is 6.04 Å². The van der Waals surface area contributed by atoms with Gasteiger partial charge in [0.15, 0.2) is 6.04 Å². The Balaban J connectivity index is 1.98. The molecule has 2 unspecified atom stereocenters. The average Bonchev–Trinajstić information content (AvgIpc) is 2.89. The highest BCUT2D eigenvalue weighted by Gasteiger charge is 2.41. The molecule has 0 aliphatic carbocycles. The van der Waals surface area contributed by atoms with Crippen molar-refractivity contribution in [3.63, 3.8) is 0 Å². The molecule has 1 aliphatic rings. The molecule has 1 aromatic carbocycles. The molecule has 22 heavy (non-hydrogen) atoms. The summed E-state index contributed by atoms with van der Waals surface area (Å²) in [7, 11) is 0. The molecule has 0 spiro atoms. The van der Waals surface area contributed by atoms with Crippen molar-refractivity contribution >= 4 is 11.6 Å². The number of carbonyl (C=O) groups excluding carboxylic acids is 1. The van der Waals surface area contributed by atoms with Gasteiger partial charge in [-0.1, -0.05) is 0 Å². The van der Waals surface area contributed by atoms with E-state index in [-0.39, 0.29) is 12.2 Å². The Bertz CT molecular complexity index is 563. The first-order chi connectivity index (χ1) is 10.3. The van der Waals surface area contributed by atoms with Crippen LogP contribution in [-0.2, 0) is 4.79 Å². The smallest absolute Gasteiger partial charge is 0.406 e. The Morgan fingerprint density at radius 1 is 1.36 bits per heavy atom. The van der Waals surface area contributed by atoms with Crippen LogP contribution in [-0.4, -0.2) is 35.8 Å². The normalized spacial score (nSPS) is 21.4. The van der Waals surface area contributed by atoms with Crippen LogP contribution in [0.3, 0.4) is 0 Å². The monoisotopic (exact) mass is 320 g/mol. The maximum absolute atomic E-state index is 12.0. The van der Waals surface area contributed by atoms with Crippen molar-refractivity contribution in [2.75, 3.05) is 11.9 Å². The van der Waals surface area contributed by atoms with Crippen molar-refractivity contribution in [2.24, 2.45) is 0 Å². The minimum atomic E-state index is -4.80. The zero-order valence-corrected chi connectivity index (χ0v) is 10.9. The molecular weight excluding hydrogens is 309 g/mol. The first kappa shape index (κ1) is 16.0. The van der Waals surface area contributed by atoms with Crippen molar-refractivity contribution in [3.05, 3.63) is 34.4 Å². The van der Waals surface area contributed by atoms with Gasteiger partial charge >= 0.3 is 6.36 Å². The van der Waals surface area contributed by atoms with E-state index in [0.717, 1.165) is 12.1 Å². The molecule has 1 saturated heterocycles. The number of alkyl halides is 3. The second-order valence-electron chi connectivity index (χ2n) is 4.42. The van der Waals surface area contributed by atoms with Gasteiger partial charge in [-0.15, -0.1) is 13.2 Å². The Morgan fingerprint density at radius 2 is 2.00 bits per heavy atom. The van der Waals surface area contributed by atoms with E-state index in [0.29, 0.717) is 0 Å². The average molecular weight is 320 g/mol. The Labute approximate surface area is 121 Å². The van der Waals surface area contributed by atoms with Gasteiger partial charge in [-0.2, -0.15) is 0 Å². The lowest BCUT2D eigenvalue weighted by molar-refractivity contribution is -0.517. The Kier molecular flexibility index (Phi) is 4.47. The number of ether oxygens (including phenoxy) is 1. The number of carbonyl (C=O) groups is 1. The summed E-state index contributed by atoms with van der Waals surface area (Å²) in [6.07, 6.45) is -4.80. The molecule has 0 bridgehead atoms. The van der Waals surface area contributed by atoms with E-state index in [4.69, 9.17) is 0 Å². The molecule has 11 heteroatoms. The van der Waals surface area contributed by atoms with E-state index in [2.05, 4.69) is 20.9 Å². The minimum Gasteiger partial charge on any atom is -0.406 e. The van der Waals surface area contributed by atoms with Gasteiger partial charge in [0, 0.05) is 10.6 Å². The number of halogens is 3. The molecule has 1 amide bonds. The molecule has 0 radical (unpaired) electrons. The number of nitrogens with zero attached hydrogens (tertiary/aromatic N) is 1. The highest BCUT2D eigenvalue weighted by atomic mass is 19.4. The van der Waals surface area contributed by atoms with Gasteiger partial charge < -0.3 is 10.1 Å². The molecule has 0 aromatic heterocycles. The SMILES string of the molecule is O=C(Nc1ccc(OC(F)(F)F)cc1)C1NNCC1[N+](=O)[O-]. The highest BCUT2D eigenvalue weighted by Crippen LogP contribution is 2.24. The molecule has 2 rings (SSSR count). The summed E-state index contributed by atoms with van der Waals surface area (Å²) in [5, 5.41) is 13.1. The summed E-state index contributed by atoms with van der Waals surface area (Å²) >= 11 is 0. The second kappa shape index (κ2) is 6.15. The molecule has 120 valence electrons. The fourth-order valence-electron chi connectivity index (χ4n) is 1.88. The molecule has 1 aliphatic heterocycles. The minimum absolute atomic E-state index is 0.0105. The van der Waals surface area contributed by atoms with Crippen LogP contribution in [0, 0.1) is 10.1 Å². The summed E-state index contributed by atoms with van der Waals surface area (Å²) in [5.74, 6) is -1.11. The van der Waals surface area contributed by atoms with E-state index in [1.54, 1.807) is 0 Å². The van der Waals surface area contributed by atoms with E-state index in [1.165, 1.54) is 12.1 Å². The highest BCUT2D eigenvalue weighted by molar-refractivity contribution is 5.95. The van der Waals surface area contributed by atoms with Crippen LogP contribution < -0.4 is 20.9 Å². The number of hydrogen-bond acceptors (Lipinski definition) is 6. The van der Waals surface area contributed by atoms with Crippen LogP contribution in [0.5, 0.6) is 5.75 Å². The van der Waals surface area contributed by atoms with Crippen molar-refractivity contribution in [2.45, 2.75) is 18.4 Å². The maximum Gasteiger partial charge on any atom is 0.573 e. The number of benzene rings is 1. The third-order valence-electron chi connectivity index (χ3n) is 2.86. The Morgan fingerprint density at radius 3 is 2.55 bits per heavy atom. The molecule has 8 nitrogen and oxygen atoms in total. The second-order valence-corrected chi connectivity index (χ2v) is 4.42. The quantitative estimate of drug-likeness (QED) is 0.555. The summed E-state index contributed by atoms with van der Waals surface area (Å²) in [5.41, 5.74) is 5.17. The van der Waals surface area contributed by atoms with Crippen molar-refractivity contribution in [1.29, 1.82) is 0 Å². The van der Waals surface area contributed by atoms with E-state index in [1.807, 2.05) is 0 Å². The summed E-state index contributed by atoms with van der Waals surface area (Å²) < 4.78 is 39.7. The van der Waals surface area contributed by atoms with Crippen LogP contribution in [0.4, 0.5) is 18.9 Å². The largest absolute Gasteiger partial charge is 0.573 e. The molecule has 2 atom stereocenters. The van der Waals surface area contributed by atoms with E-state index < -0.39 is 35.0 Å². The number of hydrazine groups is 1.